The predicted molar refractivity (Wildman–Crippen MR) is 78.4 cm³/mol. The van der Waals surface area contributed by atoms with Crippen LogP contribution >= 0.6 is 23.2 Å². The van der Waals surface area contributed by atoms with Crippen LogP contribution in [0, 0.1) is 0 Å². The standard InChI is InChI=1S/C14H10Cl2N2O/c15-11-6-7-13(17-9-11)18-14(19)8-5-10-3-1-2-4-12(10)16/h1-9H,(H,17,18,19)/b8-5+. The molecule has 0 radical (unpaired) electrons. The molecule has 1 amide bonds. The van der Waals surface area contributed by atoms with E-state index in [1.807, 2.05) is 18.2 Å². The highest BCUT2D eigenvalue weighted by atomic mass is 35.5. The first-order chi connectivity index (χ1) is 9.15. The van der Waals surface area contributed by atoms with Gasteiger partial charge in [-0.2, -0.15) is 0 Å². The zero-order valence-corrected chi connectivity index (χ0v) is 11.3. The Kier molecular flexibility index (Phi) is 4.55. The van der Waals surface area contributed by atoms with E-state index in [2.05, 4.69) is 10.3 Å². The maximum absolute atomic E-state index is 11.7. The highest BCUT2D eigenvalue weighted by molar-refractivity contribution is 6.32. The third-order valence-corrected chi connectivity index (χ3v) is 2.87. The van der Waals surface area contributed by atoms with Crippen LogP contribution in [0.25, 0.3) is 6.08 Å². The molecule has 0 spiro atoms. The number of rotatable bonds is 3. The maximum atomic E-state index is 11.7. The number of hydrogen-bond donors (Lipinski definition) is 1. The fourth-order valence-corrected chi connectivity index (χ4v) is 1.70. The lowest BCUT2D eigenvalue weighted by molar-refractivity contribution is -0.111. The number of aromatic nitrogens is 1. The minimum absolute atomic E-state index is 0.283. The summed E-state index contributed by atoms with van der Waals surface area (Å²) < 4.78 is 0. The first-order valence-electron chi connectivity index (χ1n) is 5.50. The second kappa shape index (κ2) is 6.36. The Labute approximate surface area is 120 Å². The van der Waals surface area contributed by atoms with Crippen LogP contribution in [0.15, 0.2) is 48.7 Å². The number of halogens is 2. The van der Waals surface area contributed by atoms with Gasteiger partial charge in [-0.15, -0.1) is 0 Å². The second-order valence-corrected chi connectivity index (χ2v) is 4.55. The summed E-state index contributed by atoms with van der Waals surface area (Å²) in [5.74, 6) is 0.160. The minimum Gasteiger partial charge on any atom is -0.307 e. The number of carbonyl (C=O) groups is 1. The van der Waals surface area contributed by atoms with Crippen molar-refractivity contribution in [3.05, 3.63) is 64.3 Å². The van der Waals surface area contributed by atoms with Gasteiger partial charge in [0.15, 0.2) is 0 Å². The summed E-state index contributed by atoms with van der Waals surface area (Å²) in [5.41, 5.74) is 0.781. The molecule has 0 aliphatic rings. The highest BCUT2D eigenvalue weighted by Gasteiger charge is 2.00. The fraction of sp³-hybridized carbons (Fsp3) is 0. The van der Waals surface area contributed by atoms with Gasteiger partial charge >= 0.3 is 0 Å². The van der Waals surface area contributed by atoms with E-state index in [0.717, 1.165) is 5.56 Å². The molecule has 0 unspecified atom stereocenters. The Balaban J connectivity index is 2.02. The fourth-order valence-electron chi connectivity index (χ4n) is 1.39. The van der Waals surface area contributed by atoms with E-state index in [1.165, 1.54) is 12.3 Å². The van der Waals surface area contributed by atoms with Crippen molar-refractivity contribution in [2.24, 2.45) is 0 Å². The van der Waals surface area contributed by atoms with E-state index in [9.17, 15) is 4.79 Å². The van der Waals surface area contributed by atoms with Crippen LogP contribution in [-0.4, -0.2) is 10.9 Å². The van der Waals surface area contributed by atoms with E-state index in [4.69, 9.17) is 23.2 Å². The summed E-state index contributed by atoms with van der Waals surface area (Å²) in [6.07, 6.45) is 4.51. The summed E-state index contributed by atoms with van der Waals surface area (Å²) in [5, 5.41) is 3.73. The lowest BCUT2D eigenvalue weighted by atomic mass is 10.2. The van der Waals surface area contributed by atoms with Crippen molar-refractivity contribution >= 4 is 41.0 Å². The number of nitrogens with one attached hydrogen (secondary N) is 1. The third-order valence-electron chi connectivity index (χ3n) is 2.30. The number of amides is 1. The van der Waals surface area contributed by atoms with Crippen LogP contribution in [-0.2, 0) is 4.79 Å². The van der Waals surface area contributed by atoms with Crippen molar-refractivity contribution in [1.82, 2.24) is 4.98 Å². The average Bonchev–Trinajstić information content (AvgIpc) is 2.40. The number of hydrogen-bond acceptors (Lipinski definition) is 2. The molecule has 0 saturated carbocycles. The molecule has 1 aromatic carbocycles. The molecule has 0 aliphatic carbocycles. The van der Waals surface area contributed by atoms with E-state index in [-0.39, 0.29) is 5.91 Å². The van der Waals surface area contributed by atoms with E-state index >= 15 is 0 Å². The third kappa shape index (κ3) is 4.09. The zero-order valence-electron chi connectivity index (χ0n) is 9.81. The highest BCUT2D eigenvalue weighted by Crippen LogP contribution is 2.16. The van der Waals surface area contributed by atoms with Gasteiger partial charge in [-0.1, -0.05) is 41.4 Å². The van der Waals surface area contributed by atoms with Crippen molar-refractivity contribution in [3.63, 3.8) is 0 Å². The molecule has 96 valence electrons. The van der Waals surface area contributed by atoms with Crippen molar-refractivity contribution in [1.29, 1.82) is 0 Å². The molecule has 1 heterocycles. The van der Waals surface area contributed by atoms with Gasteiger partial charge in [0.25, 0.3) is 0 Å². The number of anilines is 1. The van der Waals surface area contributed by atoms with Crippen molar-refractivity contribution < 1.29 is 4.79 Å². The first-order valence-corrected chi connectivity index (χ1v) is 6.26. The quantitative estimate of drug-likeness (QED) is 0.868. The maximum Gasteiger partial charge on any atom is 0.249 e. The Morgan fingerprint density at radius 1 is 1.16 bits per heavy atom. The SMILES string of the molecule is O=C(/C=C/c1ccccc1Cl)Nc1ccc(Cl)cn1. The zero-order chi connectivity index (χ0) is 13.7. The molecule has 2 aromatic rings. The minimum atomic E-state index is -0.283. The molecule has 2 rings (SSSR count). The Morgan fingerprint density at radius 2 is 1.95 bits per heavy atom. The monoisotopic (exact) mass is 292 g/mol. The van der Waals surface area contributed by atoms with Crippen LogP contribution in [0.2, 0.25) is 10.0 Å². The van der Waals surface area contributed by atoms with Gasteiger partial charge in [0.2, 0.25) is 5.91 Å². The summed E-state index contributed by atoms with van der Waals surface area (Å²) in [6.45, 7) is 0. The topological polar surface area (TPSA) is 42.0 Å². The number of pyridine rings is 1. The summed E-state index contributed by atoms with van der Waals surface area (Å²) in [6, 6.07) is 10.6. The average molecular weight is 293 g/mol. The van der Waals surface area contributed by atoms with Crippen LogP contribution in [0.3, 0.4) is 0 Å². The van der Waals surface area contributed by atoms with E-state index < -0.39 is 0 Å². The molecular weight excluding hydrogens is 283 g/mol. The van der Waals surface area contributed by atoms with Crippen LogP contribution < -0.4 is 5.32 Å². The van der Waals surface area contributed by atoms with Gasteiger partial charge in [-0.3, -0.25) is 4.79 Å². The van der Waals surface area contributed by atoms with Crippen molar-refractivity contribution in [2.45, 2.75) is 0 Å². The molecule has 5 heteroatoms. The number of nitrogens with zero attached hydrogens (tertiary/aromatic N) is 1. The van der Waals surface area contributed by atoms with Gasteiger partial charge in [-0.05, 0) is 29.8 Å². The number of carbonyl (C=O) groups excluding carboxylic acids is 1. The van der Waals surface area contributed by atoms with Crippen molar-refractivity contribution in [2.75, 3.05) is 5.32 Å². The molecule has 1 aromatic heterocycles. The van der Waals surface area contributed by atoms with Crippen LogP contribution in [0.5, 0.6) is 0 Å². The van der Waals surface area contributed by atoms with Crippen LogP contribution in [0.4, 0.5) is 5.82 Å². The molecule has 0 saturated heterocycles. The molecule has 3 nitrogen and oxygen atoms in total. The summed E-state index contributed by atoms with van der Waals surface area (Å²) in [4.78, 5) is 15.6. The van der Waals surface area contributed by atoms with Gasteiger partial charge in [-0.25, -0.2) is 4.98 Å². The van der Waals surface area contributed by atoms with Crippen molar-refractivity contribution in [3.8, 4) is 0 Å². The lowest BCUT2D eigenvalue weighted by Crippen LogP contribution is -2.08. The van der Waals surface area contributed by atoms with E-state index in [1.54, 1.807) is 24.3 Å². The normalized spacial score (nSPS) is 10.6. The Bertz CT molecular complexity index is 609. The van der Waals surface area contributed by atoms with E-state index in [0.29, 0.717) is 15.9 Å². The van der Waals surface area contributed by atoms with Gasteiger partial charge in [0.05, 0.1) is 5.02 Å². The Hall–Kier alpha value is -1.84. The number of benzene rings is 1. The lowest BCUT2D eigenvalue weighted by Gasteiger charge is -2.01. The molecule has 0 bridgehead atoms. The van der Waals surface area contributed by atoms with Gasteiger partial charge in [0.1, 0.15) is 5.82 Å². The molecule has 0 aliphatic heterocycles. The predicted octanol–water partition coefficient (Wildman–Crippen LogP) is 4.04. The molecule has 1 N–H and O–H groups in total. The molecule has 0 atom stereocenters. The smallest absolute Gasteiger partial charge is 0.249 e. The molecule has 19 heavy (non-hydrogen) atoms. The van der Waals surface area contributed by atoms with Gasteiger partial charge in [0, 0.05) is 17.3 Å². The van der Waals surface area contributed by atoms with Gasteiger partial charge < -0.3 is 5.32 Å². The molecular formula is C14H10Cl2N2O. The molecule has 0 fully saturated rings. The Morgan fingerprint density at radius 3 is 2.63 bits per heavy atom. The summed E-state index contributed by atoms with van der Waals surface area (Å²) >= 11 is 11.7. The second-order valence-electron chi connectivity index (χ2n) is 3.71. The first kappa shape index (κ1) is 13.6. The largest absolute Gasteiger partial charge is 0.307 e. The van der Waals surface area contributed by atoms with Crippen LogP contribution in [0.1, 0.15) is 5.56 Å². The summed E-state index contributed by atoms with van der Waals surface area (Å²) in [7, 11) is 0.